The first-order valence-corrected chi connectivity index (χ1v) is 7.72. The lowest BCUT2D eigenvalue weighted by Crippen LogP contribution is -2.09. The van der Waals surface area contributed by atoms with E-state index in [2.05, 4.69) is 0 Å². The zero-order valence-corrected chi connectivity index (χ0v) is 13.6. The van der Waals surface area contributed by atoms with Gasteiger partial charge in [-0.3, -0.25) is 0 Å². The molecule has 3 rings (SSSR count). The maximum Gasteiger partial charge on any atom is 0.341 e. The highest BCUT2D eigenvalue weighted by molar-refractivity contribution is 6.05. The van der Waals surface area contributed by atoms with Gasteiger partial charge in [0, 0.05) is 23.1 Å². The van der Waals surface area contributed by atoms with Gasteiger partial charge in [-0.1, -0.05) is 30.3 Å². The van der Waals surface area contributed by atoms with Crippen LogP contribution in [-0.4, -0.2) is 33.3 Å². The van der Waals surface area contributed by atoms with Crippen molar-refractivity contribution in [1.29, 1.82) is 0 Å². The van der Waals surface area contributed by atoms with Crippen LogP contribution in [0.25, 0.3) is 10.9 Å². The van der Waals surface area contributed by atoms with E-state index in [1.165, 1.54) is 0 Å². The molecule has 0 saturated carbocycles. The number of aliphatic carboxylic acids is 1. The molecular formula is C19H17NO5. The fourth-order valence-electron chi connectivity index (χ4n) is 2.94. The SMILES string of the molecule is Cc1c(C(=O)O)c2cc(OCC(=O)O)ccc2n1Cc1ccccc1. The maximum atomic E-state index is 11.7. The summed E-state index contributed by atoms with van der Waals surface area (Å²) < 4.78 is 7.12. The smallest absolute Gasteiger partial charge is 0.341 e. The molecule has 2 N–H and O–H groups in total. The summed E-state index contributed by atoms with van der Waals surface area (Å²) in [5.41, 5.74) is 2.67. The maximum absolute atomic E-state index is 11.7. The first-order valence-electron chi connectivity index (χ1n) is 7.72. The Labute approximate surface area is 143 Å². The third kappa shape index (κ3) is 3.33. The predicted octanol–water partition coefficient (Wildman–Crippen LogP) is 3.16. The topological polar surface area (TPSA) is 88.8 Å². The van der Waals surface area contributed by atoms with Crippen LogP contribution in [0.15, 0.2) is 48.5 Å². The molecule has 0 atom stereocenters. The van der Waals surface area contributed by atoms with E-state index < -0.39 is 18.5 Å². The van der Waals surface area contributed by atoms with Gasteiger partial charge in [0.25, 0.3) is 0 Å². The molecule has 0 radical (unpaired) electrons. The molecule has 6 nitrogen and oxygen atoms in total. The second-order valence-corrected chi connectivity index (χ2v) is 5.70. The number of rotatable bonds is 6. The third-order valence-corrected chi connectivity index (χ3v) is 4.05. The summed E-state index contributed by atoms with van der Waals surface area (Å²) in [6.45, 7) is 1.84. The Bertz CT molecular complexity index is 943. The first kappa shape index (κ1) is 16.6. The summed E-state index contributed by atoms with van der Waals surface area (Å²) in [4.78, 5) is 22.4. The fourth-order valence-corrected chi connectivity index (χ4v) is 2.94. The van der Waals surface area contributed by atoms with Crippen LogP contribution in [0.4, 0.5) is 0 Å². The lowest BCUT2D eigenvalue weighted by molar-refractivity contribution is -0.139. The average molecular weight is 339 g/mol. The normalized spacial score (nSPS) is 10.8. The van der Waals surface area contributed by atoms with Crippen molar-refractivity contribution in [1.82, 2.24) is 4.57 Å². The lowest BCUT2D eigenvalue weighted by atomic mass is 10.1. The van der Waals surface area contributed by atoms with Crippen molar-refractivity contribution in [2.75, 3.05) is 6.61 Å². The van der Waals surface area contributed by atoms with Crippen molar-refractivity contribution in [3.63, 3.8) is 0 Å². The third-order valence-electron chi connectivity index (χ3n) is 4.05. The van der Waals surface area contributed by atoms with Gasteiger partial charge in [-0.2, -0.15) is 0 Å². The summed E-state index contributed by atoms with van der Waals surface area (Å²) in [6.07, 6.45) is 0. The molecule has 0 aliphatic rings. The van der Waals surface area contributed by atoms with Crippen molar-refractivity contribution in [2.24, 2.45) is 0 Å². The first-order chi connectivity index (χ1) is 12.0. The highest BCUT2D eigenvalue weighted by Crippen LogP contribution is 2.30. The molecule has 128 valence electrons. The summed E-state index contributed by atoms with van der Waals surface area (Å²) in [7, 11) is 0. The molecule has 0 bridgehead atoms. The number of aromatic carboxylic acids is 1. The highest BCUT2D eigenvalue weighted by atomic mass is 16.5. The van der Waals surface area contributed by atoms with Crippen LogP contribution in [0, 0.1) is 6.92 Å². The van der Waals surface area contributed by atoms with Gasteiger partial charge < -0.3 is 19.5 Å². The average Bonchev–Trinajstić information content (AvgIpc) is 2.85. The van der Waals surface area contributed by atoms with Crippen LogP contribution in [0.1, 0.15) is 21.6 Å². The second-order valence-electron chi connectivity index (χ2n) is 5.70. The van der Waals surface area contributed by atoms with Crippen LogP contribution in [-0.2, 0) is 11.3 Å². The van der Waals surface area contributed by atoms with Gasteiger partial charge in [-0.15, -0.1) is 0 Å². The zero-order chi connectivity index (χ0) is 18.0. The molecule has 6 heteroatoms. The Morgan fingerprint density at radius 1 is 1.08 bits per heavy atom. The van der Waals surface area contributed by atoms with Gasteiger partial charge >= 0.3 is 11.9 Å². The van der Waals surface area contributed by atoms with Crippen LogP contribution in [0.2, 0.25) is 0 Å². The molecule has 0 aliphatic heterocycles. The van der Waals surface area contributed by atoms with Crippen molar-refractivity contribution in [3.8, 4) is 5.75 Å². The molecule has 0 amide bonds. The number of carboxylic acids is 2. The summed E-state index contributed by atoms with van der Waals surface area (Å²) in [6, 6.07) is 14.8. The minimum atomic E-state index is -1.09. The molecule has 0 unspecified atom stereocenters. The Kier molecular flexibility index (Phi) is 4.43. The number of carboxylic acid groups (broad SMARTS) is 2. The fraction of sp³-hybridized carbons (Fsp3) is 0.158. The van der Waals surface area contributed by atoms with Crippen LogP contribution in [0.3, 0.4) is 0 Å². The van der Waals surface area contributed by atoms with E-state index in [-0.39, 0.29) is 5.56 Å². The predicted molar refractivity (Wildman–Crippen MR) is 92.3 cm³/mol. The molecule has 1 aromatic heterocycles. The molecule has 25 heavy (non-hydrogen) atoms. The quantitative estimate of drug-likeness (QED) is 0.720. The number of hydrogen-bond donors (Lipinski definition) is 2. The van der Waals surface area contributed by atoms with E-state index in [0.717, 1.165) is 11.1 Å². The number of carbonyl (C=O) groups is 2. The zero-order valence-electron chi connectivity index (χ0n) is 13.6. The Morgan fingerprint density at radius 2 is 1.80 bits per heavy atom. The number of aromatic nitrogens is 1. The Balaban J connectivity index is 2.09. The molecule has 0 fully saturated rings. The van der Waals surface area contributed by atoms with E-state index in [4.69, 9.17) is 9.84 Å². The van der Waals surface area contributed by atoms with E-state index in [0.29, 0.717) is 23.4 Å². The van der Waals surface area contributed by atoms with Crippen LogP contribution >= 0.6 is 0 Å². The summed E-state index contributed by atoms with van der Waals surface area (Å²) in [5, 5.41) is 18.9. The number of ether oxygens (including phenoxy) is 1. The van der Waals surface area contributed by atoms with Crippen molar-refractivity contribution >= 4 is 22.8 Å². The largest absolute Gasteiger partial charge is 0.482 e. The van der Waals surface area contributed by atoms with Gasteiger partial charge in [0.15, 0.2) is 6.61 Å². The summed E-state index contributed by atoms with van der Waals surface area (Å²) >= 11 is 0. The molecule has 2 aromatic carbocycles. The van der Waals surface area contributed by atoms with E-state index >= 15 is 0 Å². The Morgan fingerprint density at radius 3 is 2.44 bits per heavy atom. The highest BCUT2D eigenvalue weighted by Gasteiger charge is 2.20. The molecule has 0 spiro atoms. The standard InChI is InChI=1S/C19H17NO5/c1-12-18(19(23)24)15-9-14(25-11-17(21)22)7-8-16(15)20(12)10-13-5-3-2-4-6-13/h2-9H,10-11H2,1H3,(H,21,22)(H,23,24). The van der Waals surface area contributed by atoms with Crippen molar-refractivity contribution < 1.29 is 24.5 Å². The number of benzene rings is 2. The number of fused-ring (bicyclic) bond motifs is 1. The van der Waals surface area contributed by atoms with Gasteiger partial charge in [-0.05, 0) is 30.7 Å². The lowest BCUT2D eigenvalue weighted by Gasteiger charge is -2.09. The molecule has 1 heterocycles. The van der Waals surface area contributed by atoms with Gasteiger partial charge in [0.2, 0.25) is 0 Å². The minimum absolute atomic E-state index is 0.201. The van der Waals surface area contributed by atoms with E-state index in [9.17, 15) is 14.7 Å². The van der Waals surface area contributed by atoms with E-state index in [1.807, 2.05) is 34.9 Å². The number of nitrogens with zero attached hydrogens (tertiary/aromatic N) is 1. The summed E-state index contributed by atoms with van der Waals surface area (Å²) in [5.74, 6) is -1.78. The number of hydrogen-bond acceptors (Lipinski definition) is 3. The Hall–Kier alpha value is -3.28. The molecule has 0 saturated heterocycles. The van der Waals surface area contributed by atoms with Gasteiger partial charge in [0.1, 0.15) is 5.75 Å². The molecule has 0 aliphatic carbocycles. The monoisotopic (exact) mass is 339 g/mol. The van der Waals surface area contributed by atoms with Crippen molar-refractivity contribution in [2.45, 2.75) is 13.5 Å². The second kappa shape index (κ2) is 6.68. The van der Waals surface area contributed by atoms with Gasteiger partial charge in [-0.25, -0.2) is 9.59 Å². The van der Waals surface area contributed by atoms with Crippen LogP contribution in [0.5, 0.6) is 5.75 Å². The molecular weight excluding hydrogens is 322 g/mol. The van der Waals surface area contributed by atoms with Crippen molar-refractivity contribution in [3.05, 3.63) is 65.4 Å². The minimum Gasteiger partial charge on any atom is -0.482 e. The van der Waals surface area contributed by atoms with Crippen LogP contribution < -0.4 is 4.74 Å². The molecule has 3 aromatic rings. The van der Waals surface area contributed by atoms with Gasteiger partial charge in [0.05, 0.1) is 5.56 Å². The van der Waals surface area contributed by atoms with E-state index in [1.54, 1.807) is 25.1 Å².